The molecule has 10 nitrogen and oxygen atoms in total. The Labute approximate surface area is 154 Å². The standard InChI is InChI=1S/C16H20BN2O8/c18-11(6-20)15(21)19-4-7(5-19)26-12-2-1-8-9-3-10(9)17(24,25)27-14(8)13(12)16(22)23/h1-2,7,9-11,20,24-25H,3-6,18H2,(H,22,23)/q-1/t9-,10-,11+/m1/s1. The van der Waals surface area contributed by atoms with Crippen molar-refractivity contribution in [1.29, 1.82) is 0 Å². The molecule has 27 heavy (non-hydrogen) atoms. The number of fused-ring (bicyclic) bond motifs is 3. The van der Waals surface area contributed by atoms with Crippen molar-refractivity contribution in [2.45, 2.75) is 30.3 Å². The highest BCUT2D eigenvalue weighted by Gasteiger charge is 2.55. The molecule has 0 bridgehead atoms. The average molecular weight is 379 g/mol. The van der Waals surface area contributed by atoms with Crippen LogP contribution in [-0.4, -0.2) is 75.6 Å². The SMILES string of the molecule is N[C@@H](CO)C(=O)N1CC(Oc2ccc3c(c2C(=O)O)O[B-](O)(O)[C@@H]2C[C@H]32)C1. The highest BCUT2D eigenvalue weighted by Crippen LogP contribution is 2.63. The Balaban J connectivity index is 1.53. The van der Waals surface area contributed by atoms with Gasteiger partial charge in [0.1, 0.15) is 23.5 Å². The van der Waals surface area contributed by atoms with Crippen molar-refractivity contribution in [2.75, 3.05) is 19.7 Å². The minimum absolute atomic E-state index is 0.0375. The Kier molecular flexibility index (Phi) is 4.07. The van der Waals surface area contributed by atoms with Gasteiger partial charge in [-0.25, -0.2) is 4.79 Å². The summed E-state index contributed by atoms with van der Waals surface area (Å²) in [6, 6.07) is 2.21. The van der Waals surface area contributed by atoms with Gasteiger partial charge in [-0.05, 0) is 17.5 Å². The third kappa shape index (κ3) is 2.92. The smallest absolute Gasteiger partial charge is 0.434 e. The molecule has 3 aliphatic rings. The van der Waals surface area contributed by atoms with Crippen molar-refractivity contribution in [3.63, 3.8) is 0 Å². The summed E-state index contributed by atoms with van der Waals surface area (Å²) in [7, 11) is 0. The number of carboxylic acid groups (broad SMARTS) is 1. The second-order valence-electron chi connectivity index (χ2n) is 7.32. The normalized spacial score (nSPS) is 26.1. The predicted octanol–water partition coefficient (Wildman–Crippen LogP) is -1.53. The van der Waals surface area contributed by atoms with Gasteiger partial charge in [0, 0.05) is 0 Å². The lowest BCUT2D eigenvalue weighted by Crippen LogP contribution is -2.60. The van der Waals surface area contributed by atoms with Crippen molar-refractivity contribution < 1.29 is 39.2 Å². The molecule has 1 saturated carbocycles. The zero-order valence-corrected chi connectivity index (χ0v) is 14.3. The molecule has 0 aromatic heterocycles. The molecular weight excluding hydrogens is 359 g/mol. The van der Waals surface area contributed by atoms with E-state index in [-0.39, 0.29) is 36.1 Å². The molecule has 4 rings (SSSR count). The number of carboxylic acids is 1. The van der Waals surface area contributed by atoms with Crippen molar-refractivity contribution >= 4 is 18.6 Å². The van der Waals surface area contributed by atoms with E-state index in [9.17, 15) is 24.7 Å². The van der Waals surface area contributed by atoms with Crippen molar-refractivity contribution in [3.05, 3.63) is 23.3 Å². The van der Waals surface area contributed by atoms with Crippen LogP contribution in [0.5, 0.6) is 11.5 Å². The van der Waals surface area contributed by atoms with Gasteiger partial charge < -0.3 is 40.3 Å². The number of aliphatic hydroxyl groups excluding tert-OH is 1. The highest BCUT2D eigenvalue weighted by molar-refractivity contribution is 6.62. The number of benzene rings is 1. The van der Waals surface area contributed by atoms with Crippen molar-refractivity contribution in [1.82, 2.24) is 4.90 Å². The van der Waals surface area contributed by atoms with Crippen LogP contribution in [0.25, 0.3) is 0 Å². The van der Waals surface area contributed by atoms with E-state index in [4.69, 9.17) is 20.2 Å². The first-order valence-electron chi connectivity index (χ1n) is 8.73. The van der Waals surface area contributed by atoms with Gasteiger partial charge in [0.15, 0.2) is 0 Å². The fraction of sp³-hybridized carbons (Fsp3) is 0.500. The third-order valence-corrected chi connectivity index (χ3v) is 5.42. The summed E-state index contributed by atoms with van der Waals surface area (Å²) >= 11 is 0. The van der Waals surface area contributed by atoms with E-state index in [1.54, 1.807) is 6.07 Å². The molecule has 1 aromatic rings. The molecule has 6 N–H and O–H groups in total. The molecule has 3 atom stereocenters. The van der Waals surface area contributed by atoms with Gasteiger partial charge in [0.25, 0.3) is 0 Å². The molecule has 1 amide bonds. The Hall–Kier alpha value is -2.34. The fourth-order valence-corrected chi connectivity index (χ4v) is 3.80. The lowest BCUT2D eigenvalue weighted by molar-refractivity contribution is -0.142. The number of carbonyl (C=O) groups is 2. The largest absolute Gasteiger partial charge is 0.669 e. The quantitative estimate of drug-likeness (QED) is 0.382. The molecule has 1 aromatic carbocycles. The summed E-state index contributed by atoms with van der Waals surface area (Å²) < 4.78 is 11.0. The first-order chi connectivity index (χ1) is 12.7. The maximum atomic E-state index is 11.9. The number of rotatable bonds is 5. The van der Waals surface area contributed by atoms with Crippen LogP contribution in [0.4, 0.5) is 0 Å². The zero-order chi connectivity index (χ0) is 19.5. The van der Waals surface area contributed by atoms with Crippen LogP contribution in [0.15, 0.2) is 12.1 Å². The maximum Gasteiger partial charge on any atom is 0.434 e. The minimum atomic E-state index is -3.10. The van der Waals surface area contributed by atoms with Crippen molar-refractivity contribution in [3.8, 4) is 11.5 Å². The molecule has 1 saturated heterocycles. The Morgan fingerprint density at radius 1 is 1.37 bits per heavy atom. The zero-order valence-electron chi connectivity index (χ0n) is 14.3. The summed E-state index contributed by atoms with van der Waals surface area (Å²) in [4.78, 5) is 25.0. The van der Waals surface area contributed by atoms with Crippen LogP contribution in [0, 0.1) is 0 Å². The van der Waals surface area contributed by atoms with E-state index >= 15 is 0 Å². The summed E-state index contributed by atoms with van der Waals surface area (Å²) in [5, 5.41) is 38.6. The molecule has 1 aliphatic carbocycles. The monoisotopic (exact) mass is 379 g/mol. The molecule has 2 fully saturated rings. The number of ether oxygens (including phenoxy) is 1. The van der Waals surface area contributed by atoms with E-state index in [0.717, 1.165) is 0 Å². The van der Waals surface area contributed by atoms with E-state index in [1.807, 2.05) is 0 Å². The number of nitrogens with zero attached hydrogens (tertiary/aromatic N) is 1. The van der Waals surface area contributed by atoms with Crippen LogP contribution < -0.4 is 15.1 Å². The van der Waals surface area contributed by atoms with Crippen LogP contribution in [0.3, 0.4) is 0 Å². The Bertz CT molecular complexity index is 810. The number of amides is 1. The van der Waals surface area contributed by atoms with Gasteiger partial charge in [0.2, 0.25) is 5.91 Å². The highest BCUT2D eigenvalue weighted by atomic mass is 16.6. The van der Waals surface area contributed by atoms with Gasteiger partial charge in [-0.3, -0.25) is 4.79 Å². The first-order valence-corrected chi connectivity index (χ1v) is 8.73. The van der Waals surface area contributed by atoms with Gasteiger partial charge in [-0.15, -0.1) is 0 Å². The number of hydrogen-bond acceptors (Lipinski definition) is 8. The van der Waals surface area contributed by atoms with E-state index in [2.05, 4.69) is 0 Å². The number of nitrogens with two attached hydrogens (primary N) is 1. The second kappa shape index (κ2) is 6.09. The van der Waals surface area contributed by atoms with Crippen LogP contribution in [0.2, 0.25) is 5.82 Å². The molecule has 146 valence electrons. The average Bonchev–Trinajstić information content (AvgIpc) is 3.37. The lowest BCUT2D eigenvalue weighted by Gasteiger charge is -2.41. The molecule has 0 spiro atoms. The number of hydrogen-bond donors (Lipinski definition) is 5. The first kappa shape index (κ1) is 18.0. The summed E-state index contributed by atoms with van der Waals surface area (Å²) in [6.07, 6.45) is 0.0936. The van der Waals surface area contributed by atoms with Crippen LogP contribution in [0.1, 0.15) is 28.3 Å². The van der Waals surface area contributed by atoms with Crippen LogP contribution >= 0.6 is 0 Å². The van der Waals surface area contributed by atoms with Gasteiger partial charge >= 0.3 is 12.7 Å². The Morgan fingerprint density at radius 3 is 2.70 bits per heavy atom. The maximum absolute atomic E-state index is 11.9. The molecular formula is C16H20BN2O8-. The van der Waals surface area contributed by atoms with Gasteiger partial charge in [0.05, 0.1) is 25.4 Å². The minimum Gasteiger partial charge on any atom is -0.669 e. The summed E-state index contributed by atoms with van der Waals surface area (Å²) in [6.45, 7) is -3.14. The molecule has 0 radical (unpaired) electrons. The molecule has 2 aliphatic heterocycles. The number of aromatic carboxylic acids is 1. The number of likely N-dealkylation sites (tertiary alicyclic amines) is 1. The van der Waals surface area contributed by atoms with Gasteiger partial charge in [-0.2, -0.15) is 0 Å². The second-order valence-corrected chi connectivity index (χ2v) is 7.32. The number of aliphatic hydroxyl groups is 1. The van der Waals surface area contributed by atoms with E-state index in [0.29, 0.717) is 12.0 Å². The topological polar surface area (TPSA) is 163 Å². The molecule has 11 heteroatoms. The third-order valence-electron chi connectivity index (χ3n) is 5.42. The van der Waals surface area contributed by atoms with Gasteiger partial charge in [-0.1, -0.05) is 18.3 Å². The Morgan fingerprint density at radius 2 is 2.07 bits per heavy atom. The summed E-state index contributed by atoms with van der Waals surface area (Å²) in [5.41, 5.74) is 5.85. The van der Waals surface area contributed by atoms with E-state index in [1.165, 1.54) is 11.0 Å². The summed E-state index contributed by atoms with van der Waals surface area (Å²) in [5.74, 6) is -2.28. The lowest BCUT2D eigenvalue weighted by atomic mass is 9.68. The van der Waals surface area contributed by atoms with Crippen LogP contribution in [-0.2, 0) is 4.79 Å². The van der Waals surface area contributed by atoms with E-state index < -0.39 is 43.2 Å². The predicted molar refractivity (Wildman–Crippen MR) is 91.4 cm³/mol. The molecule has 2 heterocycles. The number of carbonyl (C=O) groups excluding carboxylic acids is 1. The van der Waals surface area contributed by atoms with Crippen molar-refractivity contribution in [2.24, 2.45) is 5.73 Å². The molecule has 0 unspecified atom stereocenters. The fourth-order valence-electron chi connectivity index (χ4n) is 3.80.